The van der Waals surface area contributed by atoms with Crippen LogP contribution in [0.15, 0.2) is 22.1 Å². The van der Waals surface area contributed by atoms with Crippen LogP contribution in [0, 0.1) is 5.82 Å². The molecule has 1 aromatic carbocycles. The number of hydrogen-bond acceptors (Lipinski definition) is 4. The average Bonchev–Trinajstić information content (AvgIpc) is 2.44. The molecule has 1 aromatic rings. The Morgan fingerprint density at radius 2 is 2.24 bits per heavy atom. The van der Waals surface area contributed by atoms with Gasteiger partial charge in [0.1, 0.15) is 5.82 Å². The Morgan fingerprint density at radius 3 is 2.86 bits per heavy atom. The molecule has 1 rings (SSSR count). The number of carbonyl (C=O) groups is 2. The van der Waals surface area contributed by atoms with Crippen LogP contribution in [0.5, 0.6) is 0 Å². The van der Waals surface area contributed by atoms with Crippen molar-refractivity contribution in [2.45, 2.75) is 18.2 Å². The van der Waals surface area contributed by atoms with Crippen molar-refractivity contribution in [3.8, 4) is 0 Å². The fraction of sp³-hybridized carbons (Fsp3) is 0.333. The van der Waals surface area contributed by atoms with E-state index < -0.39 is 23.3 Å². The van der Waals surface area contributed by atoms with Crippen LogP contribution >= 0.6 is 23.4 Å². The highest BCUT2D eigenvalue weighted by atomic mass is 35.5. The van der Waals surface area contributed by atoms with Gasteiger partial charge in [-0.15, -0.1) is 11.8 Å². The van der Waals surface area contributed by atoms with Gasteiger partial charge in [0.25, 0.3) is 5.91 Å². The summed E-state index contributed by atoms with van der Waals surface area (Å²) in [6.45, 7) is 2.18. The predicted octanol–water partition coefficient (Wildman–Crippen LogP) is 3.97. The van der Waals surface area contributed by atoms with Crippen molar-refractivity contribution in [3.05, 3.63) is 39.0 Å². The van der Waals surface area contributed by atoms with Gasteiger partial charge >= 0.3 is 5.97 Å². The molecule has 0 saturated heterocycles. The van der Waals surface area contributed by atoms with E-state index in [1.165, 1.54) is 0 Å². The van der Waals surface area contributed by atoms with Gasteiger partial charge in [0.05, 0.1) is 22.9 Å². The molecule has 0 radical (unpaired) electrons. The molecule has 0 saturated carbocycles. The quantitative estimate of drug-likeness (QED) is 0.259. The summed E-state index contributed by atoms with van der Waals surface area (Å²) < 4.78 is 18.5. The van der Waals surface area contributed by atoms with Crippen LogP contribution in [-0.4, -0.2) is 24.2 Å². The first-order valence-electron chi connectivity index (χ1n) is 5.86. The van der Waals surface area contributed by atoms with Crippen LogP contribution in [-0.2, 0) is 9.53 Å². The Hall–Kier alpha value is -1.76. The third-order valence-corrected chi connectivity index (χ3v) is 3.65. The number of amides is 1. The van der Waals surface area contributed by atoms with Gasteiger partial charge in [0.2, 0.25) is 0 Å². The number of esters is 1. The number of halogens is 2. The van der Waals surface area contributed by atoms with E-state index in [9.17, 15) is 14.0 Å². The molecule has 21 heavy (non-hydrogen) atoms. The number of carbonyl (C=O) groups excluding carboxylic acids is 2. The molecule has 0 spiro atoms. The lowest BCUT2D eigenvalue weighted by molar-refractivity contribution is -0.140. The van der Waals surface area contributed by atoms with Crippen molar-refractivity contribution in [2.24, 2.45) is 5.11 Å². The summed E-state index contributed by atoms with van der Waals surface area (Å²) in [5.41, 5.74) is 7.79. The molecular formula is C12H11ClFN3O3S. The van der Waals surface area contributed by atoms with E-state index in [1.54, 1.807) is 0 Å². The lowest BCUT2D eigenvalue weighted by Crippen LogP contribution is -2.08. The third kappa shape index (κ3) is 5.26. The van der Waals surface area contributed by atoms with Crippen molar-refractivity contribution in [1.82, 2.24) is 0 Å². The highest BCUT2D eigenvalue weighted by molar-refractivity contribution is 8.00. The Balaban J connectivity index is 2.87. The van der Waals surface area contributed by atoms with Crippen molar-refractivity contribution < 1.29 is 18.7 Å². The summed E-state index contributed by atoms with van der Waals surface area (Å²) in [7, 11) is 0. The normalized spacial score (nSPS) is 9.86. The number of nitrogens with zero attached hydrogens (tertiary/aromatic N) is 3. The standard InChI is InChI=1S/C12H11ClFN3O3S/c1-2-3-20-11(18)6-21-10-4-7(12(19)16-17-15)9(14)5-8(10)13/h4-5H,2-3,6H2,1H3. The molecule has 0 aliphatic carbocycles. The van der Waals surface area contributed by atoms with Crippen LogP contribution in [0.25, 0.3) is 10.4 Å². The number of hydrogen-bond donors (Lipinski definition) is 0. The minimum atomic E-state index is -1.05. The van der Waals surface area contributed by atoms with Crippen molar-refractivity contribution in [2.75, 3.05) is 12.4 Å². The first-order chi connectivity index (χ1) is 9.99. The molecule has 0 atom stereocenters. The molecule has 6 nitrogen and oxygen atoms in total. The SMILES string of the molecule is CCCOC(=O)CSc1cc(C(=O)N=[N+]=[N-])c(F)cc1Cl. The molecule has 0 heterocycles. The fourth-order valence-corrected chi connectivity index (χ4v) is 2.36. The Bertz CT molecular complexity index is 606. The van der Waals surface area contributed by atoms with E-state index in [4.69, 9.17) is 21.9 Å². The largest absolute Gasteiger partial charge is 0.465 e. The van der Waals surface area contributed by atoms with Crippen molar-refractivity contribution >= 4 is 35.2 Å². The Kier molecular flexibility index (Phi) is 7.01. The summed E-state index contributed by atoms with van der Waals surface area (Å²) in [5, 5.41) is 2.87. The van der Waals surface area contributed by atoms with Gasteiger partial charge in [-0.2, -0.15) is 0 Å². The van der Waals surface area contributed by atoms with Crippen LogP contribution in [0.2, 0.25) is 5.02 Å². The van der Waals surface area contributed by atoms with E-state index in [2.05, 4.69) is 10.0 Å². The third-order valence-electron chi connectivity index (χ3n) is 2.20. The molecule has 0 bridgehead atoms. The summed E-state index contributed by atoms with van der Waals surface area (Å²) in [6, 6.07) is 2.08. The first-order valence-corrected chi connectivity index (χ1v) is 7.22. The molecule has 0 unspecified atom stereocenters. The molecule has 0 fully saturated rings. The van der Waals surface area contributed by atoms with Gasteiger partial charge in [-0.1, -0.05) is 18.5 Å². The fourth-order valence-electron chi connectivity index (χ4n) is 1.29. The van der Waals surface area contributed by atoms with E-state index in [-0.39, 0.29) is 10.8 Å². The predicted molar refractivity (Wildman–Crippen MR) is 76.9 cm³/mol. The van der Waals surface area contributed by atoms with Crippen molar-refractivity contribution in [3.63, 3.8) is 0 Å². The monoisotopic (exact) mass is 331 g/mol. The average molecular weight is 332 g/mol. The lowest BCUT2D eigenvalue weighted by atomic mass is 10.2. The molecule has 1 amide bonds. The van der Waals surface area contributed by atoms with E-state index in [0.29, 0.717) is 17.9 Å². The Labute approximate surface area is 129 Å². The number of azide groups is 1. The van der Waals surface area contributed by atoms with Crippen LogP contribution in [0.3, 0.4) is 0 Å². The summed E-state index contributed by atoms with van der Waals surface area (Å²) in [4.78, 5) is 25.4. The van der Waals surface area contributed by atoms with Gasteiger partial charge in [0, 0.05) is 9.81 Å². The second kappa shape index (κ2) is 8.51. The summed E-state index contributed by atoms with van der Waals surface area (Å²) in [5.74, 6) is -2.41. The second-order valence-electron chi connectivity index (χ2n) is 3.77. The number of rotatable bonds is 6. The zero-order valence-corrected chi connectivity index (χ0v) is 12.6. The number of thioether (sulfide) groups is 1. The maximum absolute atomic E-state index is 13.6. The van der Waals surface area contributed by atoms with E-state index in [1.807, 2.05) is 6.92 Å². The Morgan fingerprint density at radius 1 is 1.52 bits per heavy atom. The highest BCUT2D eigenvalue weighted by Crippen LogP contribution is 2.30. The van der Waals surface area contributed by atoms with Gasteiger partial charge in [-0.25, -0.2) is 4.39 Å². The summed E-state index contributed by atoms with van der Waals surface area (Å²) in [6.07, 6.45) is 0.707. The highest BCUT2D eigenvalue weighted by Gasteiger charge is 2.15. The molecule has 112 valence electrons. The maximum atomic E-state index is 13.6. The molecule has 0 aliphatic rings. The summed E-state index contributed by atoms with van der Waals surface area (Å²) >= 11 is 6.85. The lowest BCUT2D eigenvalue weighted by Gasteiger charge is -2.07. The van der Waals surface area contributed by atoms with Crippen LogP contribution in [0.4, 0.5) is 4.39 Å². The molecule has 0 N–H and O–H groups in total. The minimum absolute atomic E-state index is 0.0273. The minimum Gasteiger partial charge on any atom is -0.465 e. The maximum Gasteiger partial charge on any atom is 0.316 e. The zero-order valence-electron chi connectivity index (χ0n) is 11.0. The first kappa shape index (κ1) is 17.3. The van der Waals surface area contributed by atoms with Crippen LogP contribution in [0.1, 0.15) is 23.7 Å². The molecule has 0 aromatic heterocycles. The zero-order chi connectivity index (χ0) is 15.8. The molecule has 0 aliphatic heterocycles. The number of ether oxygens (including phenoxy) is 1. The van der Waals surface area contributed by atoms with Gasteiger partial charge in [-0.3, -0.25) is 9.59 Å². The van der Waals surface area contributed by atoms with Gasteiger partial charge in [-0.05, 0) is 29.2 Å². The van der Waals surface area contributed by atoms with E-state index >= 15 is 0 Å². The van der Waals surface area contributed by atoms with Crippen molar-refractivity contribution in [1.29, 1.82) is 0 Å². The number of benzene rings is 1. The molecular weight excluding hydrogens is 321 g/mol. The van der Waals surface area contributed by atoms with Gasteiger partial charge < -0.3 is 4.74 Å². The second-order valence-corrected chi connectivity index (χ2v) is 5.19. The van der Waals surface area contributed by atoms with E-state index in [0.717, 1.165) is 23.9 Å². The van der Waals surface area contributed by atoms with Crippen LogP contribution < -0.4 is 0 Å². The smallest absolute Gasteiger partial charge is 0.316 e. The van der Waals surface area contributed by atoms with Gasteiger partial charge in [0.15, 0.2) is 0 Å². The topological polar surface area (TPSA) is 92.1 Å². The molecule has 9 heteroatoms.